The van der Waals surface area contributed by atoms with Crippen LogP contribution in [0.5, 0.6) is 0 Å². The van der Waals surface area contributed by atoms with Gasteiger partial charge in [0.15, 0.2) is 5.11 Å². The molecule has 0 aliphatic heterocycles. The molecule has 0 spiro atoms. The van der Waals surface area contributed by atoms with Crippen molar-refractivity contribution in [1.29, 1.82) is 0 Å². The van der Waals surface area contributed by atoms with Gasteiger partial charge in [-0.05, 0) is 43.3 Å². The zero-order chi connectivity index (χ0) is 12.7. The first-order chi connectivity index (χ1) is 8.13. The summed E-state index contributed by atoms with van der Waals surface area (Å²) >= 11 is 8.67. The highest BCUT2D eigenvalue weighted by atomic mass is 79.9. The fraction of sp³-hybridized carbons (Fsp3) is 0.417. The predicted molar refractivity (Wildman–Crippen MR) is 79.6 cm³/mol. The molecule has 1 aromatic rings. The second-order valence-corrected chi connectivity index (χ2v) is 4.95. The maximum atomic E-state index is 5.18. The van der Waals surface area contributed by atoms with Crippen molar-refractivity contribution in [2.24, 2.45) is 0 Å². The van der Waals surface area contributed by atoms with E-state index in [2.05, 4.69) is 33.5 Å². The number of anilines is 1. The Hall–Kier alpha value is -0.650. The zero-order valence-corrected chi connectivity index (χ0v) is 12.5. The Balaban J connectivity index is 2.37. The van der Waals surface area contributed by atoms with Crippen LogP contribution in [0.25, 0.3) is 0 Å². The maximum Gasteiger partial charge on any atom is 0.170 e. The fourth-order valence-corrected chi connectivity index (χ4v) is 1.86. The molecule has 94 valence electrons. The first kappa shape index (κ1) is 14.4. The first-order valence-electron chi connectivity index (χ1n) is 5.43. The summed E-state index contributed by atoms with van der Waals surface area (Å²) < 4.78 is 6.03. The third-order valence-corrected chi connectivity index (χ3v) is 3.34. The predicted octanol–water partition coefficient (Wildman–Crippen LogP) is 3.08. The van der Waals surface area contributed by atoms with Gasteiger partial charge in [-0.2, -0.15) is 0 Å². The summed E-state index contributed by atoms with van der Waals surface area (Å²) in [6.07, 6.45) is 0.940. The van der Waals surface area contributed by atoms with Crippen LogP contribution in [-0.4, -0.2) is 25.4 Å². The quantitative estimate of drug-likeness (QED) is 0.646. The van der Waals surface area contributed by atoms with Crippen molar-refractivity contribution in [3.05, 3.63) is 28.2 Å². The summed E-state index contributed by atoms with van der Waals surface area (Å²) in [6.45, 7) is 3.60. The summed E-state index contributed by atoms with van der Waals surface area (Å²) in [7, 11) is 1.69. The Bertz CT molecular complexity index is 385. The number of halogens is 1. The molecule has 17 heavy (non-hydrogen) atoms. The molecule has 3 nitrogen and oxygen atoms in total. The molecule has 0 atom stereocenters. The Kier molecular flexibility index (Phi) is 6.47. The van der Waals surface area contributed by atoms with E-state index in [4.69, 9.17) is 17.0 Å². The zero-order valence-electron chi connectivity index (χ0n) is 10.0. The van der Waals surface area contributed by atoms with Gasteiger partial charge in [-0.3, -0.25) is 0 Å². The van der Waals surface area contributed by atoms with Crippen molar-refractivity contribution >= 4 is 38.9 Å². The van der Waals surface area contributed by atoms with Gasteiger partial charge >= 0.3 is 0 Å². The van der Waals surface area contributed by atoms with Gasteiger partial charge in [0, 0.05) is 30.4 Å². The molecule has 0 unspecified atom stereocenters. The molecule has 0 aliphatic carbocycles. The number of rotatable bonds is 5. The van der Waals surface area contributed by atoms with Gasteiger partial charge in [0.05, 0.1) is 0 Å². The van der Waals surface area contributed by atoms with Crippen LogP contribution in [0.4, 0.5) is 5.69 Å². The third-order valence-electron chi connectivity index (χ3n) is 2.24. The van der Waals surface area contributed by atoms with E-state index >= 15 is 0 Å². The van der Waals surface area contributed by atoms with E-state index in [1.54, 1.807) is 7.11 Å². The molecule has 0 saturated heterocycles. The van der Waals surface area contributed by atoms with Crippen LogP contribution in [0.15, 0.2) is 22.7 Å². The van der Waals surface area contributed by atoms with Gasteiger partial charge in [-0.25, -0.2) is 0 Å². The van der Waals surface area contributed by atoms with E-state index in [0.29, 0.717) is 5.11 Å². The Morgan fingerprint density at radius 2 is 2.24 bits per heavy atom. The number of methoxy groups -OCH3 is 1. The minimum atomic E-state index is 0.636. The van der Waals surface area contributed by atoms with E-state index in [1.807, 2.05) is 18.2 Å². The van der Waals surface area contributed by atoms with Crippen molar-refractivity contribution < 1.29 is 4.74 Å². The average molecular weight is 317 g/mol. The summed E-state index contributed by atoms with van der Waals surface area (Å²) in [5.41, 5.74) is 2.18. The molecule has 0 fully saturated rings. The van der Waals surface area contributed by atoms with Crippen LogP contribution in [-0.2, 0) is 4.74 Å². The molecule has 0 aromatic heterocycles. The molecule has 1 aromatic carbocycles. The van der Waals surface area contributed by atoms with Gasteiger partial charge in [0.2, 0.25) is 0 Å². The molecule has 1 rings (SSSR count). The van der Waals surface area contributed by atoms with Crippen LogP contribution >= 0.6 is 28.1 Å². The van der Waals surface area contributed by atoms with E-state index in [9.17, 15) is 0 Å². The number of ether oxygens (including phenoxy) is 1. The number of hydrogen-bond donors (Lipinski definition) is 2. The standard InChI is InChI=1S/C12H17BrN2OS/c1-9-4-5-10(8-11(9)13)15-12(17)14-6-3-7-16-2/h4-5,8H,3,6-7H2,1-2H3,(H2,14,15,17). The fourth-order valence-electron chi connectivity index (χ4n) is 1.26. The van der Waals surface area contributed by atoms with E-state index in [1.165, 1.54) is 5.56 Å². The third kappa shape index (κ3) is 5.48. The molecule has 5 heteroatoms. The highest BCUT2D eigenvalue weighted by molar-refractivity contribution is 9.10. The molecule has 0 radical (unpaired) electrons. The number of hydrogen-bond acceptors (Lipinski definition) is 2. The van der Waals surface area contributed by atoms with Gasteiger partial charge in [-0.1, -0.05) is 22.0 Å². The summed E-state index contributed by atoms with van der Waals surface area (Å²) in [5.74, 6) is 0. The minimum Gasteiger partial charge on any atom is -0.385 e. The van der Waals surface area contributed by atoms with Gasteiger partial charge in [0.25, 0.3) is 0 Å². The van der Waals surface area contributed by atoms with Crippen molar-refractivity contribution in [1.82, 2.24) is 5.32 Å². The van der Waals surface area contributed by atoms with Crippen molar-refractivity contribution in [3.8, 4) is 0 Å². The number of nitrogens with one attached hydrogen (secondary N) is 2. The largest absolute Gasteiger partial charge is 0.385 e. The first-order valence-corrected chi connectivity index (χ1v) is 6.63. The van der Waals surface area contributed by atoms with Crippen LogP contribution < -0.4 is 10.6 Å². The minimum absolute atomic E-state index is 0.636. The smallest absolute Gasteiger partial charge is 0.170 e. The average Bonchev–Trinajstić information content (AvgIpc) is 2.30. The van der Waals surface area contributed by atoms with Crippen molar-refractivity contribution in [2.75, 3.05) is 25.6 Å². The Morgan fingerprint density at radius 1 is 1.47 bits per heavy atom. The van der Waals surface area contributed by atoms with Crippen LogP contribution in [0.1, 0.15) is 12.0 Å². The Labute approximate surface area is 116 Å². The lowest BCUT2D eigenvalue weighted by Crippen LogP contribution is -2.29. The summed E-state index contributed by atoms with van der Waals surface area (Å²) in [4.78, 5) is 0. The van der Waals surface area contributed by atoms with Crippen LogP contribution in [0.2, 0.25) is 0 Å². The second kappa shape index (κ2) is 7.63. The molecular weight excluding hydrogens is 300 g/mol. The lowest BCUT2D eigenvalue weighted by molar-refractivity contribution is 0.196. The van der Waals surface area contributed by atoms with E-state index in [-0.39, 0.29) is 0 Å². The lowest BCUT2D eigenvalue weighted by atomic mass is 10.2. The van der Waals surface area contributed by atoms with E-state index < -0.39 is 0 Å². The second-order valence-electron chi connectivity index (χ2n) is 3.69. The Morgan fingerprint density at radius 3 is 2.88 bits per heavy atom. The number of aryl methyl sites for hydroxylation is 1. The normalized spacial score (nSPS) is 10.1. The maximum absolute atomic E-state index is 5.18. The van der Waals surface area contributed by atoms with Gasteiger partial charge in [-0.15, -0.1) is 0 Å². The molecule has 0 bridgehead atoms. The number of thiocarbonyl (C=S) groups is 1. The van der Waals surface area contributed by atoms with Crippen LogP contribution in [0, 0.1) is 6.92 Å². The monoisotopic (exact) mass is 316 g/mol. The molecule has 0 saturated carbocycles. The molecular formula is C12H17BrN2OS. The summed E-state index contributed by atoms with van der Waals surface area (Å²) in [6, 6.07) is 6.06. The van der Waals surface area contributed by atoms with Crippen molar-refractivity contribution in [2.45, 2.75) is 13.3 Å². The van der Waals surface area contributed by atoms with Crippen molar-refractivity contribution in [3.63, 3.8) is 0 Å². The molecule has 0 amide bonds. The summed E-state index contributed by atoms with van der Waals surface area (Å²) in [5, 5.41) is 6.90. The van der Waals surface area contributed by atoms with Gasteiger partial charge < -0.3 is 15.4 Å². The van der Waals surface area contributed by atoms with Gasteiger partial charge in [0.1, 0.15) is 0 Å². The lowest BCUT2D eigenvalue weighted by Gasteiger charge is -2.11. The number of benzene rings is 1. The molecule has 0 heterocycles. The highest BCUT2D eigenvalue weighted by Crippen LogP contribution is 2.20. The topological polar surface area (TPSA) is 33.3 Å². The molecule has 2 N–H and O–H groups in total. The van der Waals surface area contributed by atoms with E-state index in [0.717, 1.165) is 29.7 Å². The highest BCUT2D eigenvalue weighted by Gasteiger charge is 1.99. The van der Waals surface area contributed by atoms with Crippen LogP contribution in [0.3, 0.4) is 0 Å². The molecule has 0 aliphatic rings. The SMILES string of the molecule is COCCCNC(=S)Nc1ccc(C)c(Br)c1.